The van der Waals surface area contributed by atoms with Gasteiger partial charge in [-0.2, -0.15) is 0 Å². The van der Waals surface area contributed by atoms with Crippen molar-refractivity contribution in [2.75, 3.05) is 7.11 Å². The topological polar surface area (TPSA) is 130 Å². The Morgan fingerprint density at radius 2 is 1.57 bits per heavy atom. The lowest BCUT2D eigenvalue weighted by molar-refractivity contribution is -0.182. The molecule has 10 nitrogen and oxygen atoms in total. The second-order valence-corrected chi connectivity index (χ2v) is 13.2. The maximum absolute atomic E-state index is 14.1. The highest BCUT2D eigenvalue weighted by molar-refractivity contribution is 5.91. The van der Waals surface area contributed by atoms with Crippen molar-refractivity contribution >= 4 is 23.8 Å². The number of ether oxygens (including phenoxy) is 3. The number of esters is 3. The Kier molecular flexibility index (Phi) is 8.55. The molecule has 3 atom stereocenters. The third kappa shape index (κ3) is 6.21. The van der Waals surface area contributed by atoms with Gasteiger partial charge in [-0.15, -0.1) is 0 Å². The third-order valence-corrected chi connectivity index (χ3v) is 9.89. The van der Waals surface area contributed by atoms with Crippen molar-refractivity contribution in [2.45, 2.75) is 57.6 Å². The number of methoxy groups -OCH3 is 1. The van der Waals surface area contributed by atoms with E-state index in [4.69, 9.17) is 14.2 Å². The summed E-state index contributed by atoms with van der Waals surface area (Å²) in [6.07, 6.45) is 5.96. The number of aromatic nitrogens is 1. The van der Waals surface area contributed by atoms with E-state index >= 15 is 0 Å². The van der Waals surface area contributed by atoms with E-state index in [0.29, 0.717) is 24.8 Å². The Bertz CT molecular complexity index is 1680. The van der Waals surface area contributed by atoms with Crippen LogP contribution in [0.3, 0.4) is 0 Å². The van der Waals surface area contributed by atoms with E-state index in [9.17, 15) is 24.0 Å². The lowest BCUT2D eigenvalue weighted by Crippen LogP contribution is -2.61. The molecule has 2 unspecified atom stereocenters. The molecule has 0 radical (unpaired) electrons. The minimum Gasteiger partial charge on any atom is -0.469 e. The molecule has 10 heteroatoms. The predicted molar refractivity (Wildman–Crippen MR) is 167 cm³/mol. The van der Waals surface area contributed by atoms with Gasteiger partial charge >= 0.3 is 17.9 Å². The van der Waals surface area contributed by atoms with Crippen LogP contribution in [0.4, 0.5) is 0 Å². The summed E-state index contributed by atoms with van der Waals surface area (Å²) in [6, 6.07) is 17.9. The SMILES string of the molecule is COC(=O)C12CC3CC(CC(C(=O)N[C@@H](Cc4ccc(OC(=O)c5cccn(C)c5=O)cc4)C(=O)OCc4ccccc4)(C3)C1)C2. The second-order valence-electron chi connectivity index (χ2n) is 13.2. The first kappa shape index (κ1) is 31.3. The van der Waals surface area contributed by atoms with E-state index in [1.807, 2.05) is 30.3 Å². The van der Waals surface area contributed by atoms with E-state index in [-0.39, 0.29) is 48.1 Å². The number of nitrogens with zero attached hydrogens (tertiary/aromatic N) is 1. The highest BCUT2D eigenvalue weighted by atomic mass is 16.5. The highest BCUT2D eigenvalue weighted by Crippen LogP contribution is 2.65. The van der Waals surface area contributed by atoms with Crippen LogP contribution in [0, 0.1) is 22.7 Å². The minimum absolute atomic E-state index is 0.0562. The standard InChI is InChI=1S/C36H38N2O8/c1-38-14-6-9-28(30(38)39)31(40)46-27-12-10-23(11-13-27)16-29(32(41)45-21-24-7-4-3-5-8-24)37-33(42)35-17-25-15-26(18-35)20-36(19-25,22-35)34(43)44-2/h3-14,25-26,29H,15-22H2,1-2H3,(H,37,42)/t25?,26?,29-,35?,36?/m0/s1. The zero-order chi connectivity index (χ0) is 32.5. The van der Waals surface area contributed by atoms with Crippen LogP contribution < -0.4 is 15.6 Å². The summed E-state index contributed by atoms with van der Waals surface area (Å²) in [5.74, 6) is -1.06. The van der Waals surface area contributed by atoms with Gasteiger partial charge in [0.05, 0.1) is 17.9 Å². The zero-order valence-corrected chi connectivity index (χ0v) is 26.0. The minimum atomic E-state index is -0.987. The number of carbonyl (C=O) groups excluding carboxylic acids is 4. The molecular weight excluding hydrogens is 588 g/mol. The summed E-state index contributed by atoms with van der Waals surface area (Å²) in [7, 11) is 2.95. The van der Waals surface area contributed by atoms with Crippen molar-refractivity contribution in [1.29, 1.82) is 0 Å². The molecule has 0 spiro atoms. The fourth-order valence-corrected chi connectivity index (χ4v) is 8.16. The van der Waals surface area contributed by atoms with Gasteiger partial charge in [0.25, 0.3) is 5.56 Å². The molecule has 2 aromatic carbocycles. The van der Waals surface area contributed by atoms with Crippen LogP contribution in [-0.4, -0.2) is 41.5 Å². The molecule has 1 heterocycles. The molecular formula is C36H38N2O8. The van der Waals surface area contributed by atoms with Crippen LogP contribution in [0.5, 0.6) is 5.75 Å². The summed E-state index contributed by atoms with van der Waals surface area (Å²) in [6.45, 7) is 0.0562. The molecule has 1 amide bonds. The summed E-state index contributed by atoms with van der Waals surface area (Å²) >= 11 is 0. The first-order valence-electron chi connectivity index (χ1n) is 15.7. The molecule has 4 aliphatic rings. The second kappa shape index (κ2) is 12.6. The highest BCUT2D eigenvalue weighted by Gasteiger charge is 2.63. The van der Waals surface area contributed by atoms with Gasteiger partial charge < -0.3 is 24.1 Å². The number of hydrogen-bond acceptors (Lipinski definition) is 8. The van der Waals surface area contributed by atoms with Crippen molar-refractivity contribution in [3.05, 3.63) is 100.0 Å². The van der Waals surface area contributed by atoms with Crippen molar-refractivity contribution in [1.82, 2.24) is 9.88 Å². The van der Waals surface area contributed by atoms with Crippen molar-refractivity contribution in [2.24, 2.45) is 29.7 Å². The van der Waals surface area contributed by atoms with Gasteiger partial charge in [0.15, 0.2) is 0 Å². The lowest BCUT2D eigenvalue weighted by Gasteiger charge is -2.59. The maximum Gasteiger partial charge on any atom is 0.349 e. The number of rotatable bonds is 10. The van der Waals surface area contributed by atoms with E-state index < -0.39 is 34.4 Å². The third-order valence-electron chi connectivity index (χ3n) is 9.89. The molecule has 46 heavy (non-hydrogen) atoms. The zero-order valence-electron chi connectivity index (χ0n) is 26.0. The number of hydrogen-bond donors (Lipinski definition) is 1. The van der Waals surface area contributed by atoms with E-state index in [1.54, 1.807) is 43.6 Å². The number of amides is 1. The molecule has 0 aliphatic heterocycles. The van der Waals surface area contributed by atoms with Gasteiger partial charge in [-0.05, 0) is 85.8 Å². The van der Waals surface area contributed by atoms with Crippen molar-refractivity contribution in [3.63, 3.8) is 0 Å². The molecule has 3 aromatic rings. The normalized spacial score (nSPS) is 24.9. The molecule has 4 bridgehead atoms. The molecule has 7 rings (SSSR count). The Morgan fingerprint density at radius 3 is 2.24 bits per heavy atom. The molecule has 4 saturated carbocycles. The van der Waals surface area contributed by atoms with Crippen LogP contribution in [-0.2, 0) is 43.9 Å². The summed E-state index contributed by atoms with van der Waals surface area (Å²) in [5, 5.41) is 3.02. The molecule has 1 N–H and O–H groups in total. The van der Waals surface area contributed by atoms with Gasteiger partial charge in [-0.3, -0.25) is 14.4 Å². The van der Waals surface area contributed by atoms with Crippen LogP contribution in [0.15, 0.2) is 77.7 Å². The van der Waals surface area contributed by atoms with Gasteiger partial charge in [-0.25, -0.2) is 9.59 Å². The van der Waals surface area contributed by atoms with E-state index in [2.05, 4.69) is 5.32 Å². The fraction of sp³-hybridized carbons (Fsp3) is 0.417. The Labute approximate surface area is 267 Å². The molecule has 1 aromatic heterocycles. The number of aryl methyl sites for hydroxylation is 1. The number of carbonyl (C=O) groups is 4. The monoisotopic (exact) mass is 626 g/mol. The first-order chi connectivity index (χ1) is 22.1. The van der Waals surface area contributed by atoms with Gasteiger partial charge in [-0.1, -0.05) is 42.5 Å². The average Bonchev–Trinajstić information content (AvgIpc) is 3.04. The number of pyridine rings is 1. The van der Waals surface area contributed by atoms with E-state index in [0.717, 1.165) is 24.8 Å². The Hall–Kier alpha value is -4.73. The summed E-state index contributed by atoms with van der Waals surface area (Å²) in [4.78, 5) is 65.5. The number of nitrogens with one attached hydrogen (secondary N) is 1. The largest absolute Gasteiger partial charge is 0.469 e. The van der Waals surface area contributed by atoms with Crippen LogP contribution in [0.1, 0.15) is 60.0 Å². The summed E-state index contributed by atoms with van der Waals surface area (Å²) in [5.41, 5.74) is -0.431. The van der Waals surface area contributed by atoms with Crippen LogP contribution >= 0.6 is 0 Å². The number of benzene rings is 2. The van der Waals surface area contributed by atoms with E-state index in [1.165, 1.54) is 17.7 Å². The van der Waals surface area contributed by atoms with Crippen molar-refractivity contribution < 1.29 is 33.4 Å². The first-order valence-corrected chi connectivity index (χ1v) is 15.7. The summed E-state index contributed by atoms with van der Waals surface area (Å²) < 4.78 is 17.6. The van der Waals surface area contributed by atoms with Crippen LogP contribution in [0.2, 0.25) is 0 Å². The Morgan fingerprint density at radius 1 is 0.891 bits per heavy atom. The molecule has 240 valence electrons. The van der Waals surface area contributed by atoms with Crippen LogP contribution in [0.25, 0.3) is 0 Å². The Balaban J connectivity index is 1.19. The van der Waals surface area contributed by atoms with Crippen molar-refractivity contribution in [3.8, 4) is 5.75 Å². The average molecular weight is 627 g/mol. The molecule has 0 saturated heterocycles. The van der Waals surface area contributed by atoms with Gasteiger partial charge in [0, 0.05) is 19.7 Å². The molecule has 4 aliphatic carbocycles. The predicted octanol–water partition coefficient (Wildman–Crippen LogP) is 4.13. The fourth-order valence-electron chi connectivity index (χ4n) is 8.16. The van der Waals surface area contributed by atoms with Gasteiger partial charge in [0.2, 0.25) is 5.91 Å². The quantitative estimate of drug-likeness (QED) is 0.263. The molecule has 4 fully saturated rings. The smallest absolute Gasteiger partial charge is 0.349 e. The maximum atomic E-state index is 14.1. The lowest BCUT2D eigenvalue weighted by atomic mass is 9.44. The van der Waals surface area contributed by atoms with Gasteiger partial charge in [0.1, 0.15) is 24.0 Å².